The van der Waals surface area contributed by atoms with Gasteiger partial charge in [-0.3, -0.25) is 9.59 Å². The number of carbonyl (C=O) groups is 2. The minimum atomic E-state index is -3.89. The number of amides is 2. The molecular weight excluding hydrogens is 430 g/mol. The lowest BCUT2D eigenvalue weighted by molar-refractivity contribution is -0.122. The van der Waals surface area contributed by atoms with Gasteiger partial charge in [0, 0.05) is 38.4 Å². The van der Waals surface area contributed by atoms with Crippen LogP contribution >= 0.6 is 0 Å². The summed E-state index contributed by atoms with van der Waals surface area (Å²) >= 11 is 0. The van der Waals surface area contributed by atoms with Crippen molar-refractivity contribution in [2.45, 2.75) is 50.6 Å². The number of hydrogen-bond donors (Lipinski definition) is 3. The summed E-state index contributed by atoms with van der Waals surface area (Å²) in [5, 5.41) is 5.31. The fraction of sp³-hybridized carbons (Fsp3) is 0.409. The second kappa shape index (κ2) is 10.6. The summed E-state index contributed by atoms with van der Waals surface area (Å²) < 4.78 is 27.5. The number of sulfonamides is 1. The molecule has 0 bridgehead atoms. The number of pyridine rings is 1. The molecule has 0 aliphatic carbocycles. The van der Waals surface area contributed by atoms with E-state index in [1.54, 1.807) is 6.20 Å². The molecule has 1 aliphatic rings. The molecule has 1 aromatic heterocycles. The van der Waals surface area contributed by atoms with Gasteiger partial charge in [0.25, 0.3) is 0 Å². The van der Waals surface area contributed by atoms with Crippen LogP contribution in [0.15, 0.2) is 47.5 Å². The van der Waals surface area contributed by atoms with E-state index < -0.39 is 22.0 Å². The second-order valence-corrected chi connectivity index (χ2v) is 9.55. The normalized spacial score (nSPS) is 15.1. The van der Waals surface area contributed by atoms with Crippen LogP contribution in [0.1, 0.15) is 38.7 Å². The van der Waals surface area contributed by atoms with Gasteiger partial charge in [0.05, 0.1) is 10.9 Å². The number of hydrogen-bond acceptors (Lipinski definition) is 6. The predicted molar refractivity (Wildman–Crippen MR) is 123 cm³/mol. The SMILES string of the molecule is CC(=O)Nc1ccc(S(=O)(=O)N[C@@H](C)C(=O)NCc2ccc(N3CCCCC3)nc2)cc1. The number of piperidine rings is 1. The Morgan fingerprint density at radius 2 is 1.75 bits per heavy atom. The van der Waals surface area contributed by atoms with Crippen LogP contribution in [0.25, 0.3) is 0 Å². The summed E-state index contributed by atoms with van der Waals surface area (Å²) in [5.41, 5.74) is 1.32. The van der Waals surface area contributed by atoms with Crippen molar-refractivity contribution in [2.75, 3.05) is 23.3 Å². The fourth-order valence-electron chi connectivity index (χ4n) is 3.45. The van der Waals surface area contributed by atoms with Crippen molar-refractivity contribution in [3.8, 4) is 0 Å². The van der Waals surface area contributed by atoms with E-state index in [9.17, 15) is 18.0 Å². The van der Waals surface area contributed by atoms with Crippen LogP contribution in [0.5, 0.6) is 0 Å². The maximum absolute atomic E-state index is 12.5. The Morgan fingerprint density at radius 1 is 1.06 bits per heavy atom. The highest BCUT2D eigenvalue weighted by atomic mass is 32.2. The first-order chi connectivity index (χ1) is 15.2. The van der Waals surface area contributed by atoms with Crippen LogP contribution in [-0.2, 0) is 26.2 Å². The number of benzene rings is 1. The van der Waals surface area contributed by atoms with Crippen molar-refractivity contribution in [1.82, 2.24) is 15.0 Å². The van der Waals surface area contributed by atoms with E-state index in [-0.39, 0.29) is 17.3 Å². The third-order valence-corrected chi connectivity index (χ3v) is 6.72. The third-order valence-electron chi connectivity index (χ3n) is 5.17. The first-order valence-corrected chi connectivity index (χ1v) is 12.1. The summed E-state index contributed by atoms with van der Waals surface area (Å²) in [6, 6.07) is 8.62. The van der Waals surface area contributed by atoms with E-state index in [1.165, 1.54) is 57.4 Å². The Kier molecular flexibility index (Phi) is 7.81. The lowest BCUT2D eigenvalue weighted by atomic mass is 10.1. The number of aromatic nitrogens is 1. The zero-order chi connectivity index (χ0) is 23.1. The fourth-order valence-corrected chi connectivity index (χ4v) is 4.65. The number of rotatable bonds is 8. The minimum absolute atomic E-state index is 0.00348. The van der Waals surface area contributed by atoms with E-state index in [2.05, 4.69) is 25.2 Å². The van der Waals surface area contributed by atoms with Crippen LogP contribution in [0.3, 0.4) is 0 Å². The largest absolute Gasteiger partial charge is 0.357 e. The van der Waals surface area contributed by atoms with Gasteiger partial charge in [-0.1, -0.05) is 6.07 Å². The standard InChI is InChI=1S/C22H29N5O4S/c1-16(26-32(30,31)20-9-7-19(8-10-20)25-17(2)28)22(29)24-15-18-6-11-21(23-14-18)27-12-4-3-5-13-27/h6-11,14,16,26H,3-5,12-13,15H2,1-2H3,(H,24,29)(H,25,28)/t16-/m0/s1. The summed E-state index contributed by atoms with van der Waals surface area (Å²) in [4.78, 5) is 30.2. The summed E-state index contributed by atoms with van der Waals surface area (Å²) in [6.07, 6.45) is 5.33. The Morgan fingerprint density at radius 3 is 2.34 bits per heavy atom. The molecule has 172 valence electrons. The molecule has 2 aromatic rings. The van der Waals surface area contributed by atoms with Gasteiger partial charge in [-0.25, -0.2) is 13.4 Å². The molecule has 3 rings (SSSR count). The molecule has 1 aliphatic heterocycles. The van der Waals surface area contributed by atoms with Crippen LogP contribution < -0.4 is 20.3 Å². The molecule has 0 saturated carbocycles. The lowest BCUT2D eigenvalue weighted by Gasteiger charge is -2.27. The van der Waals surface area contributed by atoms with Crippen molar-refractivity contribution < 1.29 is 18.0 Å². The van der Waals surface area contributed by atoms with E-state index in [4.69, 9.17) is 0 Å². The van der Waals surface area contributed by atoms with Gasteiger partial charge in [0.15, 0.2) is 0 Å². The van der Waals surface area contributed by atoms with Gasteiger partial charge in [0.1, 0.15) is 5.82 Å². The van der Waals surface area contributed by atoms with E-state index in [0.717, 1.165) is 24.5 Å². The first kappa shape index (κ1) is 23.7. The monoisotopic (exact) mass is 459 g/mol. The molecule has 1 aromatic carbocycles. The van der Waals surface area contributed by atoms with E-state index >= 15 is 0 Å². The molecule has 32 heavy (non-hydrogen) atoms. The molecule has 1 fully saturated rings. The van der Waals surface area contributed by atoms with Gasteiger partial charge < -0.3 is 15.5 Å². The maximum Gasteiger partial charge on any atom is 0.241 e. The van der Waals surface area contributed by atoms with Gasteiger partial charge in [0.2, 0.25) is 21.8 Å². The van der Waals surface area contributed by atoms with Crippen molar-refractivity contribution in [2.24, 2.45) is 0 Å². The Hall–Kier alpha value is -2.98. The van der Waals surface area contributed by atoms with Crippen molar-refractivity contribution in [1.29, 1.82) is 0 Å². The molecule has 1 saturated heterocycles. The van der Waals surface area contributed by atoms with Crippen LogP contribution in [0, 0.1) is 0 Å². The number of carbonyl (C=O) groups excluding carboxylic acids is 2. The van der Waals surface area contributed by atoms with Gasteiger partial charge in [-0.2, -0.15) is 4.72 Å². The van der Waals surface area contributed by atoms with Gasteiger partial charge in [-0.05, 0) is 62.1 Å². The van der Waals surface area contributed by atoms with Crippen molar-refractivity contribution >= 4 is 33.3 Å². The molecule has 9 nitrogen and oxygen atoms in total. The molecule has 0 unspecified atom stereocenters. The molecule has 10 heteroatoms. The number of nitrogens with one attached hydrogen (secondary N) is 3. The maximum atomic E-state index is 12.5. The zero-order valence-corrected chi connectivity index (χ0v) is 19.1. The highest BCUT2D eigenvalue weighted by Gasteiger charge is 2.22. The summed E-state index contributed by atoms with van der Waals surface area (Å²) in [6.45, 7) is 5.12. The van der Waals surface area contributed by atoms with E-state index in [0.29, 0.717) is 5.69 Å². The molecular formula is C22H29N5O4S. The third kappa shape index (κ3) is 6.51. The predicted octanol–water partition coefficient (Wildman–Crippen LogP) is 2.01. The Bertz CT molecular complexity index is 1030. The molecule has 0 radical (unpaired) electrons. The average Bonchev–Trinajstić information content (AvgIpc) is 2.78. The van der Waals surface area contributed by atoms with Gasteiger partial charge in [-0.15, -0.1) is 0 Å². The average molecular weight is 460 g/mol. The van der Waals surface area contributed by atoms with Crippen LogP contribution in [-0.4, -0.2) is 44.3 Å². The Labute approximate surface area is 188 Å². The van der Waals surface area contributed by atoms with Crippen LogP contribution in [0.2, 0.25) is 0 Å². The second-order valence-electron chi connectivity index (χ2n) is 7.84. The highest BCUT2D eigenvalue weighted by Crippen LogP contribution is 2.17. The quantitative estimate of drug-likeness (QED) is 0.555. The van der Waals surface area contributed by atoms with Crippen LogP contribution in [0.4, 0.5) is 11.5 Å². The van der Waals surface area contributed by atoms with Gasteiger partial charge >= 0.3 is 0 Å². The summed E-state index contributed by atoms with van der Waals surface area (Å²) in [5.74, 6) is 0.245. The molecule has 2 heterocycles. The van der Waals surface area contributed by atoms with Crippen molar-refractivity contribution in [3.05, 3.63) is 48.2 Å². The smallest absolute Gasteiger partial charge is 0.241 e. The first-order valence-electron chi connectivity index (χ1n) is 10.6. The number of nitrogens with zero attached hydrogens (tertiary/aromatic N) is 2. The molecule has 2 amide bonds. The lowest BCUT2D eigenvalue weighted by Crippen LogP contribution is -2.44. The van der Waals surface area contributed by atoms with Crippen molar-refractivity contribution in [3.63, 3.8) is 0 Å². The molecule has 1 atom stereocenters. The minimum Gasteiger partial charge on any atom is -0.357 e. The topological polar surface area (TPSA) is 120 Å². The molecule has 3 N–H and O–H groups in total. The highest BCUT2D eigenvalue weighted by molar-refractivity contribution is 7.89. The summed E-state index contributed by atoms with van der Waals surface area (Å²) in [7, 11) is -3.89. The number of anilines is 2. The van der Waals surface area contributed by atoms with E-state index in [1.807, 2.05) is 12.1 Å². The molecule has 0 spiro atoms. The Balaban J connectivity index is 1.52. The zero-order valence-electron chi connectivity index (χ0n) is 18.3.